The third-order valence-electron chi connectivity index (χ3n) is 6.57. The van der Waals surface area contributed by atoms with Crippen molar-refractivity contribution in [2.45, 2.75) is 106 Å². The predicted molar refractivity (Wildman–Crippen MR) is 89.6 cm³/mol. The zero-order valence-corrected chi connectivity index (χ0v) is 15.2. The van der Waals surface area contributed by atoms with E-state index in [0.717, 1.165) is 51.4 Å². The maximum atomic E-state index is 12.4. The van der Waals surface area contributed by atoms with E-state index in [1.165, 1.54) is 6.42 Å². The molecule has 134 valence electrons. The Labute approximate surface area is 145 Å². The van der Waals surface area contributed by atoms with Gasteiger partial charge in [0.05, 0.1) is 36.4 Å². The lowest BCUT2D eigenvalue weighted by atomic mass is 9.78. The van der Waals surface area contributed by atoms with Gasteiger partial charge in [0, 0.05) is 12.8 Å². The molecule has 0 aromatic heterocycles. The minimum Gasteiger partial charge on any atom is -0.455 e. The Hall–Kier alpha value is -0.220. The van der Waals surface area contributed by atoms with E-state index in [2.05, 4.69) is 9.24 Å². The zero-order valence-electron chi connectivity index (χ0n) is 14.1. The molecular formula is C18H27O5P. The molecule has 2 saturated carbocycles. The number of carbonyl (C=O) groups is 1. The zero-order chi connectivity index (χ0) is 16.4. The Kier molecular flexibility index (Phi) is 3.76. The number of hydrogen-bond donors (Lipinski definition) is 0. The Balaban J connectivity index is 1.20. The average molecular weight is 354 g/mol. The second kappa shape index (κ2) is 5.64. The van der Waals surface area contributed by atoms with Gasteiger partial charge in [-0.3, -0.25) is 4.79 Å². The van der Waals surface area contributed by atoms with E-state index in [9.17, 15) is 4.79 Å². The summed E-state index contributed by atoms with van der Waals surface area (Å²) in [5, 5.41) is -0.341. The third-order valence-corrected chi connectivity index (χ3v) is 7.27. The Bertz CT molecular complexity index is 530. The summed E-state index contributed by atoms with van der Waals surface area (Å²) in [5.41, 5.74) is -0.213. The van der Waals surface area contributed by atoms with E-state index in [1.807, 2.05) is 0 Å². The Morgan fingerprint density at radius 1 is 1.08 bits per heavy atom. The molecule has 2 bridgehead atoms. The van der Waals surface area contributed by atoms with Crippen molar-refractivity contribution in [3.63, 3.8) is 0 Å². The van der Waals surface area contributed by atoms with Crippen LogP contribution in [0.5, 0.6) is 0 Å². The SMILES string of the molecule is O=C(CC1CCC2O[C@H]3CC2(CC2O[C@H]23)O1)OC1(P)CCCCC1. The highest BCUT2D eigenvalue weighted by Crippen LogP contribution is 2.55. The highest BCUT2D eigenvalue weighted by atomic mass is 31.0. The van der Waals surface area contributed by atoms with E-state index in [4.69, 9.17) is 18.9 Å². The lowest BCUT2D eigenvalue weighted by Crippen LogP contribution is -2.50. The molecule has 5 fully saturated rings. The average Bonchev–Trinajstić information content (AvgIpc) is 3.22. The van der Waals surface area contributed by atoms with Crippen molar-refractivity contribution in [3.05, 3.63) is 0 Å². The van der Waals surface area contributed by atoms with Crippen LogP contribution in [0.25, 0.3) is 0 Å². The first-order chi connectivity index (χ1) is 11.6. The number of rotatable bonds is 3. The highest BCUT2D eigenvalue weighted by Gasteiger charge is 2.66. The summed E-state index contributed by atoms with van der Waals surface area (Å²) < 4.78 is 24.1. The van der Waals surface area contributed by atoms with Gasteiger partial charge in [0.2, 0.25) is 0 Å². The summed E-state index contributed by atoms with van der Waals surface area (Å²) in [5.74, 6) is -0.112. The normalized spacial score (nSPS) is 48.3. The molecule has 5 nitrogen and oxygen atoms in total. The maximum absolute atomic E-state index is 12.4. The van der Waals surface area contributed by atoms with Crippen LogP contribution in [0, 0.1) is 0 Å². The lowest BCUT2D eigenvalue weighted by Gasteiger charge is -2.42. The molecule has 24 heavy (non-hydrogen) atoms. The van der Waals surface area contributed by atoms with E-state index in [1.54, 1.807) is 0 Å². The molecule has 5 rings (SSSR count). The van der Waals surface area contributed by atoms with Gasteiger partial charge in [0.1, 0.15) is 11.4 Å². The van der Waals surface area contributed by atoms with Crippen LogP contribution in [0.2, 0.25) is 0 Å². The fraction of sp³-hybridized carbons (Fsp3) is 0.944. The van der Waals surface area contributed by atoms with E-state index in [-0.39, 0.29) is 35.2 Å². The van der Waals surface area contributed by atoms with Crippen LogP contribution in [0.15, 0.2) is 0 Å². The number of carbonyl (C=O) groups excluding carboxylic acids is 1. The molecule has 0 radical (unpaired) electrons. The molecule has 2 aliphatic carbocycles. The number of hydrogen-bond acceptors (Lipinski definition) is 5. The Morgan fingerprint density at radius 3 is 2.62 bits per heavy atom. The van der Waals surface area contributed by atoms with Crippen LogP contribution in [0.1, 0.15) is 64.2 Å². The van der Waals surface area contributed by atoms with Crippen LogP contribution in [-0.4, -0.2) is 47.4 Å². The lowest BCUT2D eigenvalue weighted by molar-refractivity contribution is -0.183. The van der Waals surface area contributed by atoms with Crippen molar-refractivity contribution < 1.29 is 23.7 Å². The summed E-state index contributed by atoms with van der Waals surface area (Å²) in [7, 11) is 2.78. The minimum atomic E-state index is -0.341. The van der Waals surface area contributed by atoms with Gasteiger partial charge in [0.15, 0.2) is 0 Å². The second-order valence-corrected chi connectivity index (χ2v) is 9.45. The van der Waals surface area contributed by atoms with Gasteiger partial charge >= 0.3 is 5.97 Å². The summed E-state index contributed by atoms with van der Waals surface area (Å²) in [6.07, 6.45) is 10.5. The van der Waals surface area contributed by atoms with Gasteiger partial charge in [-0.1, -0.05) is 15.7 Å². The summed E-state index contributed by atoms with van der Waals surface area (Å²) in [6, 6.07) is 0. The van der Waals surface area contributed by atoms with Crippen molar-refractivity contribution in [1.29, 1.82) is 0 Å². The van der Waals surface area contributed by atoms with Gasteiger partial charge in [-0.15, -0.1) is 0 Å². The van der Waals surface area contributed by atoms with Crippen LogP contribution < -0.4 is 0 Å². The van der Waals surface area contributed by atoms with Crippen molar-refractivity contribution in [2.24, 2.45) is 0 Å². The predicted octanol–water partition coefficient (Wildman–Crippen LogP) is 2.70. The molecule has 3 heterocycles. The number of ether oxygens (including phenoxy) is 4. The second-order valence-electron chi connectivity index (χ2n) is 8.40. The molecule has 0 N–H and O–H groups in total. The topological polar surface area (TPSA) is 57.3 Å². The van der Waals surface area contributed by atoms with E-state index >= 15 is 0 Å². The fourth-order valence-corrected chi connectivity index (χ4v) is 5.87. The fourth-order valence-electron chi connectivity index (χ4n) is 5.33. The van der Waals surface area contributed by atoms with Crippen molar-refractivity contribution in [2.75, 3.05) is 0 Å². The van der Waals surface area contributed by atoms with Crippen LogP contribution >= 0.6 is 9.24 Å². The van der Waals surface area contributed by atoms with Gasteiger partial charge in [-0.25, -0.2) is 0 Å². The van der Waals surface area contributed by atoms with E-state index < -0.39 is 0 Å². The largest absolute Gasteiger partial charge is 0.455 e. The first-order valence-electron chi connectivity index (χ1n) is 9.55. The van der Waals surface area contributed by atoms with Gasteiger partial charge in [0.25, 0.3) is 0 Å². The van der Waals surface area contributed by atoms with Gasteiger partial charge in [-0.2, -0.15) is 0 Å². The van der Waals surface area contributed by atoms with E-state index in [0.29, 0.717) is 18.6 Å². The molecule has 0 amide bonds. The van der Waals surface area contributed by atoms with Gasteiger partial charge < -0.3 is 18.9 Å². The summed E-state index contributed by atoms with van der Waals surface area (Å²) in [4.78, 5) is 12.4. The molecular weight excluding hydrogens is 327 g/mol. The van der Waals surface area contributed by atoms with Crippen molar-refractivity contribution >= 4 is 15.2 Å². The standard InChI is InChI=1S/C18H27O5P/c19-15(23-18(24)6-2-1-3-7-18)8-11-4-5-14-17(22-11)9-12(20-14)16-13(10-17)21-16/h11-14,16H,1-10,24H2/t11?,12-,13?,14?,16-,17?/m0/s1. The smallest absolute Gasteiger partial charge is 0.309 e. The molecule has 0 aromatic carbocycles. The van der Waals surface area contributed by atoms with Gasteiger partial charge in [-0.05, 0) is 38.5 Å². The van der Waals surface area contributed by atoms with Crippen LogP contribution in [-0.2, 0) is 23.7 Å². The molecule has 5 unspecified atom stereocenters. The van der Waals surface area contributed by atoms with Crippen molar-refractivity contribution in [3.8, 4) is 0 Å². The Morgan fingerprint density at radius 2 is 1.83 bits per heavy atom. The molecule has 6 heteroatoms. The monoisotopic (exact) mass is 354 g/mol. The molecule has 5 aliphatic rings. The molecule has 0 aromatic rings. The highest BCUT2D eigenvalue weighted by molar-refractivity contribution is 7.18. The van der Waals surface area contributed by atoms with Crippen LogP contribution in [0.3, 0.4) is 0 Å². The van der Waals surface area contributed by atoms with Crippen molar-refractivity contribution in [1.82, 2.24) is 0 Å². The molecule has 1 spiro atoms. The first kappa shape index (κ1) is 16.0. The minimum absolute atomic E-state index is 0.0383. The maximum Gasteiger partial charge on any atom is 0.309 e. The number of fused-ring (bicyclic) bond motifs is 3. The quantitative estimate of drug-likeness (QED) is 0.443. The summed E-state index contributed by atoms with van der Waals surface area (Å²) in [6.45, 7) is 0. The number of epoxide rings is 1. The first-order valence-corrected chi connectivity index (χ1v) is 10.1. The van der Waals surface area contributed by atoms with Crippen LogP contribution in [0.4, 0.5) is 0 Å². The molecule has 3 aliphatic heterocycles. The number of esters is 1. The third kappa shape index (κ3) is 2.72. The molecule has 7 atom stereocenters. The summed E-state index contributed by atoms with van der Waals surface area (Å²) >= 11 is 0. The molecule has 3 saturated heterocycles.